The van der Waals surface area contributed by atoms with Crippen molar-refractivity contribution in [3.8, 4) is 0 Å². The van der Waals surface area contributed by atoms with Gasteiger partial charge in [-0.25, -0.2) is 0 Å². The summed E-state index contributed by atoms with van der Waals surface area (Å²) in [7, 11) is -23.4. The Bertz CT molecular complexity index is 1880. The van der Waals surface area contributed by atoms with Crippen molar-refractivity contribution in [2.75, 3.05) is 0 Å². The van der Waals surface area contributed by atoms with Crippen molar-refractivity contribution in [2.24, 2.45) is 0 Å². The molecule has 30 nitrogen and oxygen atoms in total. The van der Waals surface area contributed by atoms with Crippen LogP contribution in [0, 0.1) is 62.2 Å². The quantitative estimate of drug-likeness (QED) is 0.0534. The molecule has 658 valence electrons. The van der Waals surface area contributed by atoms with Crippen molar-refractivity contribution in [2.45, 2.75) is 475 Å². The summed E-state index contributed by atoms with van der Waals surface area (Å²) in [5, 5.41) is 0. The van der Waals surface area contributed by atoms with Crippen LogP contribution in [0.5, 0.6) is 0 Å². The molecule has 0 aromatic heterocycles. The van der Waals surface area contributed by atoms with Crippen LogP contribution in [0.3, 0.4) is 0 Å². The molecule has 0 fully saturated rings. The van der Waals surface area contributed by atoms with Gasteiger partial charge in [0.25, 0.3) is 0 Å². The second kappa shape index (κ2) is 53.2. The molecule has 2 radical (unpaired) electrons. The summed E-state index contributed by atoms with van der Waals surface area (Å²) in [6.07, 6.45) is 0. The van der Waals surface area contributed by atoms with Crippen LogP contribution < -0.4 is 132 Å². The van der Waals surface area contributed by atoms with E-state index in [-0.39, 0.29) is 165 Å². The standard InChI is InChI=1S/6C12H27O4Si.2K.2N3.2U/c6*1-10(2,3)14-17(13,15-11(4,5)6)16-12(7,8)9;;;2*1-3-2;;/h6*1-9H3;;;;;;/q6*-1;2*+1;2*-1;2*+3. The van der Waals surface area contributed by atoms with Crippen molar-refractivity contribution in [1.29, 1.82) is 0 Å². The predicted molar refractivity (Wildman–Crippen MR) is 430 cm³/mol. The Balaban J connectivity index is -0.000000105. The van der Waals surface area contributed by atoms with E-state index in [0.717, 1.165) is 0 Å². The Morgan fingerprint density at radius 2 is 0.170 bits per heavy atom. The largest absolute Gasteiger partial charge is 3.00 e. The van der Waals surface area contributed by atoms with Gasteiger partial charge >= 0.3 is 219 Å². The van der Waals surface area contributed by atoms with E-state index in [2.05, 4.69) is 0 Å². The minimum Gasteiger partial charge on any atom is -0.793 e. The summed E-state index contributed by atoms with van der Waals surface area (Å²) < 4.78 is 99.3. The van der Waals surface area contributed by atoms with E-state index >= 15 is 0 Å². The van der Waals surface area contributed by atoms with Gasteiger partial charge < -0.3 is 131 Å². The summed E-state index contributed by atoms with van der Waals surface area (Å²) in [6.45, 7) is 98.5. The van der Waals surface area contributed by atoms with Gasteiger partial charge in [-0.15, -0.1) is 0 Å². The Kier molecular flexibility index (Phi) is 67.5. The molecule has 0 saturated heterocycles. The van der Waals surface area contributed by atoms with Gasteiger partial charge in [-0.05, 0) is 374 Å². The van der Waals surface area contributed by atoms with Crippen molar-refractivity contribution in [3.05, 3.63) is 31.9 Å². The third-order valence-electron chi connectivity index (χ3n) is 7.76. The van der Waals surface area contributed by atoms with Gasteiger partial charge in [0, 0.05) is 0 Å². The monoisotopic (exact) mass is 2220 g/mol. The zero-order valence-corrected chi connectivity index (χ0v) is 102. The van der Waals surface area contributed by atoms with Gasteiger partial charge in [-0.3, -0.25) is 9.82 Å². The predicted octanol–water partition coefficient (Wildman–Crippen LogP) is 9.11. The molecule has 0 saturated carbocycles. The molecular formula is C72H162K2N6O24Si6U2. The van der Waals surface area contributed by atoms with E-state index in [0.29, 0.717) is 0 Å². The zero-order chi connectivity index (χ0) is 90.1. The van der Waals surface area contributed by atoms with Gasteiger partial charge in [0.2, 0.25) is 0 Å². The Morgan fingerprint density at radius 3 is 0.188 bits per heavy atom. The smallest absolute Gasteiger partial charge is 0.793 e. The van der Waals surface area contributed by atoms with Crippen LogP contribution in [0.25, 0.3) is 31.9 Å². The van der Waals surface area contributed by atoms with Crippen molar-refractivity contribution < 1.29 is 273 Å². The van der Waals surface area contributed by atoms with Crippen LogP contribution in [0.4, 0.5) is 0 Å². The number of nitrogens with zero attached hydrogens (tertiary/aromatic N) is 6. The molecule has 0 rings (SSSR count). The average Bonchev–Trinajstić information content (AvgIpc) is 3.11. The topological polar surface area (TPSA) is 422 Å². The molecule has 0 aliphatic carbocycles. The van der Waals surface area contributed by atoms with Crippen LogP contribution in [0.2, 0.25) is 0 Å². The maximum absolute atomic E-state index is 12.6. The first-order valence-electron chi connectivity index (χ1n) is 36.4. The summed E-state index contributed by atoms with van der Waals surface area (Å²) in [6, 6.07) is 0. The maximum Gasteiger partial charge on any atom is 3.00 e. The van der Waals surface area contributed by atoms with Gasteiger partial charge in [-0.1, -0.05) is 0 Å². The summed E-state index contributed by atoms with van der Waals surface area (Å²) in [5.74, 6) is 0. The van der Waals surface area contributed by atoms with E-state index in [9.17, 15) is 28.8 Å². The Labute approximate surface area is 823 Å². The number of hydrogen-bond donors (Lipinski definition) is 0. The molecule has 40 heteroatoms. The SMILES string of the molecule is CC(C)(C)O[Si]([O-])(OC(C)(C)C)OC(C)(C)C.CC(C)(C)O[Si]([O-])(OC(C)(C)C)OC(C)(C)C.CC(C)(C)O[Si]([O-])(OC(C)(C)C)OC(C)(C)C.CC(C)(C)O[Si]([O-])(OC(C)(C)C)OC(C)(C)C.CC(C)(C)O[Si]([O-])(OC(C)(C)C)OC(C)(C)C.CC(C)(C)O[Si]([O-])(OC(C)(C)C)OC(C)(C)C.[K+].[K+].[N-]=[N+]=[N-].[N-]=[N+]=[N-].[U+3].[U+3]. The van der Waals surface area contributed by atoms with Gasteiger partial charge in [0.05, 0.1) is 101 Å². The van der Waals surface area contributed by atoms with Gasteiger partial charge in [-0.2, -0.15) is 0 Å². The minimum absolute atomic E-state index is 0. The van der Waals surface area contributed by atoms with E-state index in [1.165, 1.54) is 9.82 Å². The third-order valence-corrected chi connectivity index (χ3v) is 23.3. The fourth-order valence-electron chi connectivity index (χ4n) is 7.13. The van der Waals surface area contributed by atoms with Gasteiger partial charge in [0.1, 0.15) is 0 Å². The third kappa shape index (κ3) is 116. The Hall–Kier alpha value is 4.34. The molecule has 0 amide bonds. The summed E-state index contributed by atoms with van der Waals surface area (Å²) in [4.78, 5) is 78.7. The Morgan fingerprint density at radius 1 is 0.143 bits per heavy atom. The normalized spacial score (nSPS) is 14.0. The first kappa shape index (κ1) is 142. The fraction of sp³-hybridized carbons (Fsp3) is 1.00. The van der Waals surface area contributed by atoms with Crippen molar-refractivity contribution in [3.63, 3.8) is 0 Å². The van der Waals surface area contributed by atoms with Crippen LogP contribution in [0.15, 0.2) is 0 Å². The molecule has 0 heterocycles. The minimum atomic E-state index is -3.91. The number of hydrogen-bond acceptors (Lipinski definition) is 24. The second-order valence-corrected chi connectivity index (χ2v) is 52.7. The molecule has 0 aliphatic rings. The summed E-state index contributed by atoms with van der Waals surface area (Å²) >= 11 is 0. The molecule has 0 aromatic carbocycles. The molecule has 0 N–H and O–H groups in total. The first-order chi connectivity index (χ1) is 45.6. The molecule has 112 heavy (non-hydrogen) atoms. The maximum atomic E-state index is 12.6. The molecule has 0 bridgehead atoms. The van der Waals surface area contributed by atoms with Gasteiger partial charge in [0.15, 0.2) is 0 Å². The second-order valence-electron chi connectivity index (χ2n) is 43.0. The van der Waals surface area contributed by atoms with Crippen LogP contribution in [-0.4, -0.2) is 155 Å². The molecule has 0 spiro atoms. The average molecular weight is 2220 g/mol. The van der Waals surface area contributed by atoms with Crippen LogP contribution in [0.1, 0.15) is 374 Å². The fourth-order valence-corrected chi connectivity index (χ4v) is 21.4. The van der Waals surface area contributed by atoms with Crippen molar-refractivity contribution in [1.82, 2.24) is 0 Å². The molecule has 0 atom stereocenters. The van der Waals surface area contributed by atoms with Crippen LogP contribution in [-0.2, 0) is 79.7 Å². The van der Waals surface area contributed by atoms with E-state index in [1.807, 2.05) is 374 Å². The molecule has 0 aromatic rings. The zero-order valence-electron chi connectivity index (χ0n) is 81.5. The molecule has 0 unspecified atom stereocenters. The van der Waals surface area contributed by atoms with Crippen molar-refractivity contribution >= 4 is 54.3 Å². The summed E-state index contributed by atoms with van der Waals surface area (Å²) in [5.41, 5.74) is 16.6. The van der Waals surface area contributed by atoms with Crippen LogP contribution >= 0.6 is 0 Å². The first-order valence-corrected chi connectivity index (χ1v) is 46.2. The van der Waals surface area contributed by atoms with E-state index in [4.69, 9.17) is 102 Å². The van der Waals surface area contributed by atoms with E-state index in [1.54, 1.807) is 0 Å². The molecular weight excluding hydrogens is 2060 g/mol. The number of rotatable bonds is 18. The molecule has 0 aliphatic heterocycles. The van der Waals surface area contributed by atoms with E-state index < -0.39 is 155 Å².